The number of carbonyl (C=O) groups is 1. The highest BCUT2D eigenvalue weighted by molar-refractivity contribution is 5.82. The first kappa shape index (κ1) is 15.3. The van der Waals surface area contributed by atoms with Gasteiger partial charge < -0.3 is 16.0 Å². The van der Waals surface area contributed by atoms with Crippen LogP contribution in [0.3, 0.4) is 0 Å². The van der Waals surface area contributed by atoms with Crippen molar-refractivity contribution < 1.29 is 4.79 Å². The Balaban J connectivity index is 1.64. The Morgan fingerprint density at radius 2 is 2.09 bits per heavy atom. The van der Waals surface area contributed by atoms with Crippen LogP contribution in [-0.4, -0.2) is 31.1 Å². The van der Waals surface area contributed by atoms with E-state index in [1.807, 2.05) is 12.1 Å². The molecular formula is C18H27N3O. The average Bonchev–Trinajstić information content (AvgIpc) is 2.49. The monoisotopic (exact) mass is 301 g/mol. The van der Waals surface area contributed by atoms with E-state index in [-0.39, 0.29) is 11.9 Å². The average molecular weight is 301 g/mol. The van der Waals surface area contributed by atoms with E-state index in [2.05, 4.69) is 29.3 Å². The predicted molar refractivity (Wildman–Crippen MR) is 89.9 cm³/mol. The molecule has 1 amide bonds. The molecule has 1 saturated carbocycles. The van der Waals surface area contributed by atoms with Crippen molar-refractivity contribution in [2.75, 3.05) is 18.0 Å². The standard InChI is InChI=1S/C18H27N3O/c1-13-6-2-4-8-16(13)20-18(22)12-21-11-15(19)10-14-7-3-5-9-17(14)21/h3,5,7,9,13,15-16H,2,4,6,8,10-12,19H2,1H3,(H,20,22). The molecule has 3 unspecified atom stereocenters. The second kappa shape index (κ2) is 6.69. The van der Waals surface area contributed by atoms with Crippen molar-refractivity contribution in [3.8, 4) is 0 Å². The summed E-state index contributed by atoms with van der Waals surface area (Å²) in [5.74, 6) is 0.719. The summed E-state index contributed by atoms with van der Waals surface area (Å²) in [6, 6.07) is 8.73. The molecule has 1 aromatic carbocycles. The molecule has 4 nitrogen and oxygen atoms in total. The minimum Gasteiger partial charge on any atom is -0.360 e. The molecule has 0 radical (unpaired) electrons. The zero-order valence-electron chi connectivity index (χ0n) is 13.4. The van der Waals surface area contributed by atoms with Crippen molar-refractivity contribution in [3.05, 3.63) is 29.8 Å². The van der Waals surface area contributed by atoms with E-state index in [0.717, 1.165) is 25.1 Å². The van der Waals surface area contributed by atoms with Crippen LogP contribution in [0.1, 0.15) is 38.2 Å². The van der Waals surface area contributed by atoms with Gasteiger partial charge in [-0.2, -0.15) is 0 Å². The molecule has 0 spiro atoms. The molecule has 0 aromatic heterocycles. The lowest BCUT2D eigenvalue weighted by molar-refractivity contribution is -0.121. The number of amides is 1. The van der Waals surface area contributed by atoms with Gasteiger partial charge in [0.2, 0.25) is 5.91 Å². The molecule has 1 aliphatic heterocycles. The Hall–Kier alpha value is -1.55. The lowest BCUT2D eigenvalue weighted by Gasteiger charge is -2.35. The summed E-state index contributed by atoms with van der Waals surface area (Å²) in [7, 11) is 0. The van der Waals surface area contributed by atoms with Gasteiger partial charge in [0.25, 0.3) is 0 Å². The van der Waals surface area contributed by atoms with Crippen LogP contribution < -0.4 is 16.0 Å². The van der Waals surface area contributed by atoms with Crippen molar-refractivity contribution in [1.29, 1.82) is 0 Å². The largest absolute Gasteiger partial charge is 0.360 e. The van der Waals surface area contributed by atoms with E-state index in [0.29, 0.717) is 18.5 Å². The Labute approximate surface area is 133 Å². The fraction of sp³-hybridized carbons (Fsp3) is 0.611. The number of hydrogen-bond donors (Lipinski definition) is 2. The maximum Gasteiger partial charge on any atom is 0.239 e. The van der Waals surface area contributed by atoms with Gasteiger partial charge in [0.1, 0.15) is 0 Å². The molecule has 1 heterocycles. The molecule has 120 valence electrons. The molecule has 0 saturated heterocycles. The number of nitrogens with one attached hydrogen (secondary N) is 1. The van der Waals surface area contributed by atoms with Gasteiger partial charge in [0, 0.05) is 24.3 Å². The minimum absolute atomic E-state index is 0.108. The van der Waals surface area contributed by atoms with Crippen molar-refractivity contribution in [3.63, 3.8) is 0 Å². The Kier molecular flexibility index (Phi) is 4.67. The Morgan fingerprint density at radius 3 is 2.91 bits per heavy atom. The van der Waals surface area contributed by atoms with E-state index in [4.69, 9.17) is 5.73 Å². The van der Waals surface area contributed by atoms with Gasteiger partial charge in [-0.15, -0.1) is 0 Å². The second-order valence-corrected chi connectivity index (χ2v) is 6.91. The van der Waals surface area contributed by atoms with Gasteiger partial charge in [-0.25, -0.2) is 0 Å². The van der Waals surface area contributed by atoms with Crippen LogP contribution in [0.5, 0.6) is 0 Å². The molecule has 1 aliphatic carbocycles. The van der Waals surface area contributed by atoms with Gasteiger partial charge in [-0.05, 0) is 36.8 Å². The van der Waals surface area contributed by atoms with Crippen LogP contribution in [0, 0.1) is 5.92 Å². The SMILES string of the molecule is CC1CCCCC1NC(=O)CN1CC(N)Cc2ccccc21. The van der Waals surface area contributed by atoms with Gasteiger partial charge >= 0.3 is 0 Å². The zero-order chi connectivity index (χ0) is 15.5. The normalized spacial score (nSPS) is 28.1. The summed E-state index contributed by atoms with van der Waals surface area (Å²) in [5.41, 5.74) is 8.56. The Morgan fingerprint density at radius 1 is 1.32 bits per heavy atom. The topological polar surface area (TPSA) is 58.4 Å². The number of hydrogen-bond acceptors (Lipinski definition) is 3. The lowest BCUT2D eigenvalue weighted by atomic mass is 9.86. The quantitative estimate of drug-likeness (QED) is 0.898. The molecule has 1 fully saturated rings. The van der Waals surface area contributed by atoms with Crippen LogP contribution in [-0.2, 0) is 11.2 Å². The van der Waals surface area contributed by atoms with Crippen LogP contribution in [0.15, 0.2) is 24.3 Å². The number of benzene rings is 1. The fourth-order valence-electron chi connectivity index (χ4n) is 3.83. The van der Waals surface area contributed by atoms with E-state index in [9.17, 15) is 4.79 Å². The van der Waals surface area contributed by atoms with Crippen LogP contribution >= 0.6 is 0 Å². The lowest BCUT2D eigenvalue weighted by Crippen LogP contribution is -2.50. The highest BCUT2D eigenvalue weighted by atomic mass is 16.2. The molecule has 3 atom stereocenters. The smallest absolute Gasteiger partial charge is 0.239 e. The number of fused-ring (bicyclic) bond motifs is 1. The van der Waals surface area contributed by atoms with Crippen LogP contribution in [0.25, 0.3) is 0 Å². The second-order valence-electron chi connectivity index (χ2n) is 6.91. The summed E-state index contributed by atoms with van der Waals surface area (Å²) in [5, 5.41) is 3.24. The van der Waals surface area contributed by atoms with E-state index < -0.39 is 0 Å². The third-order valence-corrected chi connectivity index (χ3v) is 5.06. The van der Waals surface area contributed by atoms with Crippen molar-refractivity contribution in [2.24, 2.45) is 11.7 Å². The number of nitrogens with two attached hydrogens (primary N) is 1. The van der Waals surface area contributed by atoms with Crippen LogP contribution in [0.2, 0.25) is 0 Å². The van der Waals surface area contributed by atoms with E-state index >= 15 is 0 Å². The highest BCUT2D eigenvalue weighted by Crippen LogP contribution is 2.26. The van der Waals surface area contributed by atoms with Crippen molar-refractivity contribution in [1.82, 2.24) is 5.32 Å². The molecule has 1 aromatic rings. The number of para-hydroxylation sites is 1. The summed E-state index contributed by atoms with van der Waals surface area (Å²) >= 11 is 0. The number of carbonyl (C=O) groups excluding carboxylic acids is 1. The molecule has 2 aliphatic rings. The summed E-state index contributed by atoms with van der Waals surface area (Å²) in [6.07, 6.45) is 5.76. The first-order valence-corrected chi connectivity index (χ1v) is 8.51. The molecule has 0 bridgehead atoms. The molecule has 3 N–H and O–H groups in total. The predicted octanol–water partition coefficient (Wildman–Crippen LogP) is 2.07. The summed E-state index contributed by atoms with van der Waals surface area (Å²) < 4.78 is 0. The Bertz CT molecular complexity index is 531. The number of nitrogens with zero attached hydrogens (tertiary/aromatic N) is 1. The van der Waals surface area contributed by atoms with Gasteiger partial charge in [-0.1, -0.05) is 38.0 Å². The van der Waals surface area contributed by atoms with Gasteiger partial charge in [0.15, 0.2) is 0 Å². The van der Waals surface area contributed by atoms with Crippen molar-refractivity contribution in [2.45, 2.75) is 51.1 Å². The maximum atomic E-state index is 12.4. The first-order valence-electron chi connectivity index (χ1n) is 8.51. The number of anilines is 1. The summed E-state index contributed by atoms with van der Waals surface area (Å²) in [4.78, 5) is 14.6. The van der Waals surface area contributed by atoms with Gasteiger partial charge in [0.05, 0.1) is 6.54 Å². The fourth-order valence-corrected chi connectivity index (χ4v) is 3.83. The molecule has 4 heteroatoms. The summed E-state index contributed by atoms with van der Waals surface area (Å²) in [6.45, 7) is 3.41. The third kappa shape index (κ3) is 3.43. The van der Waals surface area contributed by atoms with Gasteiger partial charge in [-0.3, -0.25) is 4.79 Å². The zero-order valence-corrected chi connectivity index (χ0v) is 13.4. The molecular weight excluding hydrogens is 274 g/mol. The minimum atomic E-state index is 0.108. The van der Waals surface area contributed by atoms with E-state index in [1.54, 1.807) is 0 Å². The number of rotatable bonds is 3. The molecule has 22 heavy (non-hydrogen) atoms. The third-order valence-electron chi connectivity index (χ3n) is 5.06. The van der Waals surface area contributed by atoms with Crippen molar-refractivity contribution >= 4 is 11.6 Å². The maximum absolute atomic E-state index is 12.4. The highest BCUT2D eigenvalue weighted by Gasteiger charge is 2.26. The molecule has 3 rings (SSSR count). The van der Waals surface area contributed by atoms with E-state index in [1.165, 1.54) is 24.8 Å². The first-order chi connectivity index (χ1) is 10.6. The van der Waals surface area contributed by atoms with Crippen LogP contribution in [0.4, 0.5) is 5.69 Å².